The lowest BCUT2D eigenvalue weighted by Gasteiger charge is -2.23. The van der Waals surface area contributed by atoms with Gasteiger partial charge in [0.25, 0.3) is 0 Å². The second-order valence-electron chi connectivity index (χ2n) is 6.47. The van der Waals surface area contributed by atoms with Crippen molar-refractivity contribution in [2.45, 2.75) is 0 Å². The number of rotatable bonds is 4. The fourth-order valence-electron chi connectivity index (χ4n) is 3.28. The summed E-state index contributed by atoms with van der Waals surface area (Å²) in [5.41, 5.74) is 4.44. The molecule has 0 amide bonds. The minimum absolute atomic E-state index is 0.541. The highest BCUT2D eigenvalue weighted by Gasteiger charge is 2.14. The van der Waals surface area contributed by atoms with E-state index in [0.29, 0.717) is 5.69 Å². The van der Waals surface area contributed by atoms with Crippen molar-refractivity contribution in [3.05, 3.63) is 72.8 Å². The van der Waals surface area contributed by atoms with Gasteiger partial charge in [-0.3, -0.25) is 4.72 Å². The van der Waals surface area contributed by atoms with Crippen molar-refractivity contribution >= 4 is 48.9 Å². The highest BCUT2D eigenvalue weighted by molar-refractivity contribution is 7.92. The molecule has 5 nitrogen and oxygen atoms in total. The van der Waals surface area contributed by atoms with Crippen LogP contribution in [-0.4, -0.2) is 26.7 Å². The third-order valence-electron chi connectivity index (χ3n) is 4.45. The molecule has 0 atom stereocenters. The second kappa shape index (κ2) is 6.55. The molecule has 0 aliphatic carbocycles. The lowest BCUT2D eigenvalue weighted by molar-refractivity contribution is 0.607. The van der Waals surface area contributed by atoms with Gasteiger partial charge in [0.1, 0.15) is 0 Å². The molecule has 0 fully saturated rings. The quantitative estimate of drug-likeness (QED) is 0.531. The van der Waals surface area contributed by atoms with E-state index in [9.17, 15) is 8.42 Å². The molecule has 0 aliphatic rings. The van der Waals surface area contributed by atoms with Gasteiger partial charge in [-0.05, 0) is 36.4 Å². The molecular formula is C21H19N3O2S. The predicted octanol–water partition coefficient (Wildman–Crippen LogP) is 4.53. The highest BCUT2D eigenvalue weighted by Crippen LogP contribution is 2.36. The molecule has 0 saturated carbocycles. The number of nitrogens with one attached hydrogen (secondary N) is 1. The van der Waals surface area contributed by atoms with Crippen LogP contribution in [0.4, 0.5) is 17.1 Å². The molecule has 0 unspecified atom stereocenters. The summed E-state index contributed by atoms with van der Waals surface area (Å²) < 4.78 is 25.3. The van der Waals surface area contributed by atoms with Gasteiger partial charge in [0.15, 0.2) is 0 Å². The molecule has 0 aliphatic heterocycles. The van der Waals surface area contributed by atoms with Crippen molar-refractivity contribution in [2.75, 3.05) is 22.9 Å². The number of para-hydroxylation sites is 2. The topological polar surface area (TPSA) is 62.3 Å². The number of pyridine rings is 1. The first kappa shape index (κ1) is 17.3. The number of nitrogens with zero attached hydrogens (tertiary/aromatic N) is 2. The molecule has 136 valence electrons. The number of hydrogen-bond donors (Lipinski definition) is 1. The Morgan fingerprint density at radius 1 is 0.815 bits per heavy atom. The van der Waals surface area contributed by atoms with Crippen LogP contribution in [0.3, 0.4) is 0 Å². The van der Waals surface area contributed by atoms with E-state index in [0.717, 1.165) is 39.4 Å². The molecular weight excluding hydrogens is 358 g/mol. The van der Waals surface area contributed by atoms with Crippen molar-refractivity contribution in [1.82, 2.24) is 4.98 Å². The first-order chi connectivity index (χ1) is 12.9. The molecule has 27 heavy (non-hydrogen) atoms. The zero-order chi connectivity index (χ0) is 19.0. The van der Waals surface area contributed by atoms with E-state index in [1.165, 1.54) is 0 Å². The maximum Gasteiger partial charge on any atom is 0.229 e. The minimum Gasteiger partial charge on any atom is -0.344 e. The molecule has 1 aromatic heterocycles. The van der Waals surface area contributed by atoms with E-state index in [4.69, 9.17) is 4.98 Å². The first-order valence-electron chi connectivity index (χ1n) is 8.51. The number of aromatic nitrogens is 1. The fraction of sp³-hybridized carbons (Fsp3) is 0.0952. The summed E-state index contributed by atoms with van der Waals surface area (Å²) in [7, 11) is -1.28. The molecule has 3 aromatic carbocycles. The number of benzene rings is 3. The van der Waals surface area contributed by atoms with Crippen LogP contribution < -0.4 is 9.62 Å². The van der Waals surface area contributed by atoms with Gasteiger partial charge in [0.2, 0.25) is 10.0 Å². The molecule has 0 radical (unpaired) electrons. The monoisotopic (exact) mass is 377 g/mol. The van der Waals surface area contributed by atoms with E-state index in [-0.39, 0.29) is 0 Å². The molecule has 4 rings (SSSR count). The molecule has 6 heteroatoms. The highest BCUT2D eigenvalue weighted by atomic mass is 32.2. The van der Waals surface area contributed by atoms with Crippen LogP contribution >= 0.6 is 0 Å². The van der Waals surface area contributed by atoms with Gasteiger partial charge in [0.05, 0.1) is 23.0 Å². The van der Waals surface area contributed by atoms with Crippen LogP contribution in [0.2, 0.25) is 0 Å². The Bertz CT molecular complexity index is 1180. The maximum atomic E-state index is 11.4. The number of anilines is 3. The Balaban J connectivity index is 1.85. The maximum absolute atomic E-state index is 11.4. The van der Waals surface area contributed by atoms with Crippen LogP contribution in [0.1, 0.15) is 0 Å². The first-order valence-corrected chi connectivity index (χ1v) is 10.4. The normalized spacial score (nSPS) is 11.6. The lowest BCUT2D eigenvalue weighted by Crippen LogP contribution is -2.12. The minimum atomic E-state index is -3.29. The van der Waals surface area contributed by atoms with Crippen LogP contribution in [0.25, 0.3) is 21.8 Å². The van der Waals surface area contributed by atoms with Gasteiger partial charge in [-0.15, -0.1) is 0 Å². The molecule has 0 spiro atoms. The van der Waals surface area contributed by atoms with E-state index in [1.807, 2.05) is 55.6 Å². The second-order valence-corrected chi connectivity index (χ2v) is 8.22. The van der Waals surface area contributed by atoms with Crippen molar-refractivity contribution in [3.8, 4) is 0 Å². The Morgan fingerprint density at radius 3 is 1.85 bits per heavy atom. The van der Waals surface area contributed by atoms with Crippen molar-refractivity contribution in [2.24, 2.45) is 0 Å². The summed E-state index contributed by atoms with van der Waals surface area (Å²) in [6.45, 7) is 0. The van der Waals surface area contributed by atoms with E-state index >= 15 is 0 Å². The van der Waals surface area contributed by atoms with Crippen LogP contribution in [0.15, 0.2) is 72.8 Å². The predicted molar refractivity (Wildman–Crippen MR) is 112 cm³/mol. The average Bonchev–Trinajstić information content (AvgIpc) is 2.65. The van der Waals surface area contributed by atoms with E-state index in [2.05, 4.69) is 21.8 Å². The van der Waals surface area contributed by atoms with E-state index < -0.39 is 10.0 Å². The van der Waals surface area contributed by atoms with Gasteiger partial charge >= 0.3 is 0 Å². The zero-order valence-electron chi connectivity index (χ0n) is 15.0. The number of fused-ring (bicyclic) bond motifs is 2. The van der Waals surface area contributed by atoms with Gasteiger partial charge in [0, 0.05) is 29.2 Å². The van der Waals surface area contributed by atoms with E-state index in [1.54, 1.807) is 12.1 Å². The third kappa shape index (κ3) is 3.44. The summed E-state index contributed by atoms with van der Waals surface area (Å²) >= 11 is 0. The van der Waals surface area contributed by atoms with Crippen LogP contribution in [0, 0.1) is 0 Å². The standard InChI is InChI=1S/C21H19N3O2S/c1-24(16-13-11-15(12-14-16)23-27(2,25)26)21-17-7-3-5-9-19(17)22-20-10-6-4-8-18(20)21/h3-14,23H,1-2H3. The molecule has 0 bridgehead atoms. The fourth-order valence-corrected chi connectivity index (χ4v) is 3.84. The Kier molecular flexibility index (Phi) is 4.20. The van der Waals surface area contributed by atoms with Crippen LogP contribution in [-0.2, 0) is 10.0 Å². The summed E-state index contributed by atoms with van der Waals surface area (Å²) in [6.07, 6.45) is 1.14. The van der Waals surface area contributed by atoms with Gasteiger partial charge in [-0.1, -0.05) is 36.4 Å². The number of hydrogen-bond acceptors (Lipinski definition) is 4. The average molecular weight is 377 g/mol. The van der Waals surface area contributed by atoms with Crippen molar-refractivity contribution in [3.63, 3.8) is 0 Å². The third-order valence-corrected chi connectivity index (χ3v) is 5.06. The molecule has 4 aromatic rings. The zero-order valence-corrected chi connectivity index (χ0v) is 15.9. The molecule has 1 N–H and O–H groups in total. The summed E-state index contributed by atoms with van der Waals surface area (Å²) in [4.78, 5) is 6.87. The largest absolute Gasteiger partial charge is 0.344 e. The summed E-state index contributed by atoms with van der Waals surface area (Å²) in [5, 5.41) is 2.13. The summed E-state index contributed by atoms with van der Waals surface area (Å²) in [6, 6.07) is 23.5. The van der Waals surface area contributed by atoms with Gasteiger partial charge in [-0.25, -0.2) is 13.4 Å². The number of sulfonamides is 1. The Hall–Kier alpha value is -3.12. The Labute approximate surface area is 158 Å². The molecule has 1 heterocycles. The van der Waals surface area contributed by atoms with Crippen molar-refractivity contribution in [1.29, 1.82) is 0 Å². The lowest BCUT2D eigenvalue weighted by atomic mass is 10.1. The summed E-state index contributed by atoms with van der Waals surface area (Å²) in [5.74, 6) is 0. The Morgan fingerprint density at radius 2 is 1.33 bits per heavy atom. The van der Waals surface area contributed by atoms with Gasteiger partial charge in [-0.2, -0.15) is 0 Å². The van der Waals surface area contributed by atoms with Crippen LogP contribution in [0.5, 0.6) is 0 Å². The SMILES string of the molecule is CN(c1ccc(NS(C)(=O)=O)cc1)c1c2ccccc2nc2ccccc12. The van der Waals surface area contributed by atoms with Gasteiger partial charge < -0.3 is 4.90 Å². The smallest absolute Gasteiger partial charge is 0.229 e. The van der Waals surface area contributed by atoms with Crippen molar-refractivity contribution < 1.29 is 8.42 Å². The molecule has 0 saturated heterocycles.